The van der Waals surface area contributed by atoms with Gasteiger partial charge < -0.3 is 15.7 Å². The topological polar surface area (TPSA) is 101 Å². The lowest BCUT2D eigenvalue weighted by Crippen LogP contribution is -2.39. The van der Waals surface area contributed by atoms with Crippen LogP contribution in [-0.4, -0.2) is 33.6 Å². The Balaban J connectivity index is 4.69. The fourth-order valence-electron chi connectivity index (χ4n) is 1.08. The van der Waals surface area contributed by atoms with E-state index in [1.54, 1.807) is 0 Å². The minimum Gasteiger partial charge on any atom is -0.481 e. The van der Waals surface area contributed by atoms with E-state index in [1.807, 2.05) is 0 Å². The van der Waals surface area contributed by atoms with Crippen molar-refractivity contribution in [2.45, 2.75) is 18.6 Å². The van der Waals surface area contributed by atoms with Gasteiger partial charge in [0.25, 0.3) is 0 Å². The van der Waals surface area contributed by atoms with Crippen molar-refractivity contribution in [1.29, 1.82) is 0 Å². The fraction of sp³-hybridized carbons (Fsp3) is 0.833. The van der Waals surface area contributed by atoms with E-state index in [0.717, 1.165) is 0 Å². The maximum atomic E-state index is 10.8. The molecular formula is C6H13ClNO4P. The lowest BCUT2D eigenvalue weighted by molar-refractivity contribution is -0.141. The highest BCUT2D eigenvalue weighted by Crippen LogP contribution is 2.32. The Bertz CT molecular complexity index is 211. The Labute approximate surface area is 81.7 Å². The standard InChI is InChI=1S/C6H13ClNO4P/c1-3(8)5(13(11)12)4(2-7)6(9)10/h3-5,13H,2,8H2,1H3,(H,9,10)(H,11,12). The van der Waals surface area contributed by atoms with Crippen LogP contribution in [0.5, 0.6) is 0 Å². The predicted molar refractivity (Wildman–Crippen MR) is 50.5 cm³/mol. The number of hydrogen-bond donors (Lipinski definition) is 3. The molecule has 0 spiro atoms. The molecule has 0 rings (SSSR count). The van der Waals surface area contributed by atoms with Crippen molar-refractivity contribution >= 4 is 25.6 Å². The van der Waals surface area contributed by atoms with Crippen molar-refractivity contribution in [3.05, 3.63) is 0 Å². The first kappa shape index (κ1) is 12.9. The molecule has 0 fully saturated rings. The van der Waals surface area contributed by atoms with Gasteiger partial charge in [0.15, 0.2) is 8.03 Å². The molecule has 0 aliphatic carbocycles. The van der Waals surface area contributed by atoms with Crippen LogP contribution in [0.4, 0.5) is 0 Å². The van der Waals surface area contributed by atoms with Crippen LogP contribution in [0.2, 0.25) is 0 Å². The maximum absolute atomic E-state index is 10.8. The second-order valence-electron chi connectivity index (χ2n) is 2.82. The number of aliphatic carboxylic acids is 1. The molecule has 13 heavy (non-hydrogen) atoms. The van der Waals surface area contributed by atoms with Gasteiger partial charge in [0.05, 0.1) is 11.6 Å². The van der Waals surface area contributed by atoms with Crippen molar-refractivity contribution in [2.24, 2.45) is 11.7 Å². The van der Waals surface area contributed by atoms with Gasteiger partial charge in [-0.25, -0.2) is 0 Å². The summed E-state index contributed by atoms with van der Waals surface area (Å²) in [6.45, 7) is 1.49. The molecule has 78 valence electrons. The van der Waals surface area contributed by atoms with E-state index >= 15 is 0 Å². The summed E-state index contributed by atoms with van der Waals surface area (Å²) in [5.74, 6) is -2.46. The molecule has 0 aromatic carbocycles. The van der Waals surface area contributed by atoms with Crippen LogP contribution in [0.15, 0.2) is 0 Å². The number of carboxylic acids is 1. The quantitative estimate of drug-likeness (QED) is 0.459. The Morgan fingerprint density at radius 3 is 2.23 bits per heavy atom. The minimum absolute atomic E-state index is 0.210. The molecule has 0 aromatic rings. The van der Waals surface area contributed by atoms with Crippen LogP contribution in [-0.2, 0) is 9.36 Å². The van der Waals surface area contributed by atoms with Crippen LogP contribution < -0.4 is 5.73 Å². The monoisotopic (exact) mass is 229 g/mol. The number of rotatable bonds is 5. The second-order valence-corrected chi connectivity index (χ2v) is 4.47. The van der Waals surface area contributed by atoms with E-state index in [1.165, 1.54) is 6.92 Å². The number of carboxylic acid groups (broad SMARTS) is 1. The second kappa shape index (κ2) is 5.60. The number of hydrogen-bond acceptors (Lipinski definition) is 3. The van der Waals surface area contributed by atoms with Gasteiger partial charge in [0.1, 0.15) is 0 Å². The molecule has 7 heteroatoms. The van der Waals surface area contributed by atoms with Gasteiger partial charge >= 0.3 is 5.97 Å². The number of halogens is 1. The van der Waals surface area contributed by atoms with Crippen LogP contribution in [0.25, 0.3) is 0 Å². The largest absolute Gasteiger partial charge is 0.481 e. The first-order valence-electron chi connectivity index (χ1n) is 3.69. The average molecular weight is 230 g/mol. The van der Waals surface area contributed by atoms with Crippen molar-refractivity contribution in [3.8, 4) is 0 Å². The van der Waals surface area contributed by atoms with E-state index in [4.69, 9.17) is 27.3 Å². The van der Waals surface area contributed by atoms with E-state index in [9.17, 15) is 9.36 Å². The molecule has 4 N–H and O–H groups in total. The smallest absolute Gasteiger partial charge is 0.308 e. The lowest BCUT2D eigenvalue weighted by atomic mass is 10.0. The highest BCUT2D eigenvalue weighted by atomic mass is 35.5. The molecule has 4 atom stereocenters. The summed E-state index contributed by atoms with van der Waals surface area (Å²) in [4.78, 5) is 19.5. The number of nitrogens with two attached hydrogens (primary N) is 1. The first-order chi connectivity index (χ1) is 5.91. The van der Waals surface area contributed by atoms with Gasteiger partial charge in [-0.3, -0.25) is 9.36 Å². The molecular weight excluding hydrogens is 216 g/mol. The van der Waals surface area contributed by atoms with E-state index in [-0.39, 0.29) is 5.88 Å². The molecule has 0 radical (unpaired) electrons. The summed E-state index contributed by atoms with van der Waals surface area (Å²) < 4.78 is 10.8. The molecule has 0 amide bonds. The summed E-state index contributed by atoms with van der Waals surface area (Å²) in [5, 5.41) is 8.67. The third kappa shape index (κ3) is 3.65. The Kier molecular flexibility index (Phi) is 5.56. The molecule has 0 saturated carbocycles. The molecule has 0 aliphatic rings. The third-order valence-electron chi connectivity index (χ3n) is 1.77. The molecule has 0 bridgehead atoms. The Hall–Kier alpha value is -0.0900. The van der Waals surface area contributed by atoms with Gasteiger partial charge in [-0.2, -0.15) is 0 Å². The molecule has 0 heterocycles. The van der Waals surface area contributed by atoms with Crippen LogP contribution in [0.1, 0.15) is 6.92 Å². The summed E-state index contributed by atoms with van der Waals surface area (Å²) >= 11 is 5.38. The SMILES string of the molecule is CC(N)C(C(CCl)C(=O)O)[PH](=O)O. The van der Waals surface area contributed by atoms with Gasteiger partial charge in [0.2, 0.25) is 0 Å². The van der Waals surface area contributed by atoms with Gasteiger partial charge in [-0.1, -0.05) is 0 Å². The van der Waals surface area contributed by atoms with Crippen molar-refractivity contribution < 1.29 is 19.4 Å². The summed E-state index contributed by atoms with van der Waals surface area (Å²) in [7, 11) is -2.97. The summed E-state index contributed by atoms with van der Waals surface area (Å²) in [6.07, 6.45) is 0. The Morgan fingerprint density at radius 1 is 1.69 bits per heavy atom. The van der Waals surface area contributed by atoms with Crippen molar-refractivity contribution in [2.75, 3.05) is 5.88 Å². The van der Waals surface area contributed by atoms with E-state index in [2.05, 4.69) is 0 Å². The molecule has 0 aliphatic heterocycles. The average Bonchev–Trinajstić information content (AvgIpc) is 1.97. The summed E-state index contributed by atoms with van der Waals surface area (Å²) in [6, 6.07) is -0.656. The summed E-state index contributed by atoms with van der Waals surface area (Å²) in [5.41, 5.74) is 4.44. The van der Waals surface area contributed by atoms with Gasteiger partial charge in [-0.15, -0.1) is 11.6 Å². The maximum Gasteiger partial charge on any atom is 0.308 e. The van der Waals surface area contributed by atoms with Gasteiger partial charge in [0, 0.05) is 11.9 Å². The lowest BCUT2D eigenvalue weighted by Gasteiger charge is -2.22. The highest BCUT2D eigenvalue weighted by molar-refractivity contribution is 7.39. The van der Waals surface area contributed by atoms with Gasteiger partial charge in [-0.05, 0) is 6.92 Å². The zero-order valence-corrected chi connectivity index (χ0v) is 8.86. The Morgan fingerprint density at radius 2 is 2.15 bits per heavy atom. The normalized spacial score (nSPS) is 20.3. The first-order valence-corrected chi connectivity index (χ1v) is 5.65. The third-order valence-corrected chi connectivity index (χ3v) is 3.60. The number of carbonyl (C=O) groups is 1. The minimum atomic E-state index is -2.97. The molecule has 5 nitrogen and oxygen atoms in total. The van der Waals surface area contributed by atoms with E-state index in [0.29, 0.717) is 0 Å². The number of alkyl halides is 1. The van der Waals surface area contributed by atoms with Crippen LogP contribution in [0.3, 0.4) is 0 Å². The van der Waals surface area contributed by atoms with Crippen molar-refractivity contribution in [3.63, 3.8) is 0 Å². The zero-order valence-electron chi connectivity index (χ0n) is 7.11. The highest BCUT2D eigenvalue weighted by Gasteiger charge is 2.33. The fourth-order valence-corrected chi connectivity index (χ4v) is 2.61. The van der Waals surface area contributed by atoms with Crippen molar-refractivity contribution in [1.82, 2.24) is 0 Å². The zero-order chi connectivity index (χ0) is 10.6. The molecule has 0 saturated heterocycles. The molecule has 0 aromatic heterocycles. The van der Waals surface area contributed by atoms with E-state index < -0.39 is 31.6 Å². The molecule has 4 unspecified atom stereocenters. The predicted octanol–water partition coefficient (Wildman–Crippen LogP) is 0.109. The van der Waals surface area contributed by atoms with Crippen LogP contribution in [0, 0.1) is 5.92 Å². The van der Waals surface area contributed by atoms with Crippen LogP contribution >= 0.6 is 19.6 Å².